The van der Waals surface area contributed by atoms with Gasteiger partial charge in [-0.15, -0.1) is 0 Å². The van der Waals surface area contributed by atoms with Gasteiger partial charge in [0.15, 0.2) is 5.92 Å². The Bertz CT molecular complexity index is 358. The standard InChI is InChI=1S/C12H14O4/c1-2-9(8-6-4-3-5-7-8)10(11(13)14)12(15)16/h3-7,9-10H,2H2,1H3,(H,13,14)(H,15,16)/t9-/m0/s1. The number of rotatable bonds is 5. The number of carboxylic acid groups (broad SMARTS) is 2. The summed E-state index contributed by atoms with van der Waals surface area (Å²) in [4.78, 5) is 21.9. The van der Waals surface area contributed by atoms with Gasteiger partial charge in [-0.1, -0.05) is 37.3 Å². The fourth-order valence-electron chi connectivity index (χ4n) is 1.81. The smallest absolute Gasteiger partial charge is 0.318 e. The van der Waals surface area contributed by atoms with Crippen molar-refractivity contribution in [1.82, 2.24) is 0 Å². The fourth-order valence-corrected chi connectivity index (χ4v) is 1.81. The molecule has 0 fully saturated rings. The summed E-state index contributed by atoms with van der Waals surface area (Å²) < 4.78 is 0. The third kappa shape index (κ3) is 2.59. The Balaban J connectivity index is 3.05. The first-order valence-corrected chi connectivity index (χ1v) is 5.08. The Kier molecular flexibility index (Phi) is 4.05. The SMILES string of the molecule is CC[C@@H](c1ccccc1)C(C(=O)O)C(=O)O. The highest BCUT2D eigenvalue weighted by Crippen LogP contribution is 2.28. The van der Waals surface area contributed by atoms with Gasteiger partial charge in [-0.3, -0.25) is 9.59 Å². The second-order valence-corrected chi connectivity index (χ2v) is 3.58. The molecule has 0 aromatic heterocycles. The molecule has 0 heterocycles. The van der Waals surface area contributed by atoms with E-state index in [4.69, 9.17) is 10.2 Å². The van der Waals surface area contributed by atoms with E-state index in [9.17, 15) is 9.59 Å². The summed E-state index contributed by atoms with van der Waals surface area (Å²) in [5.41, 5.74) is 0.750. The van der Waals surface area contributed by atoms with Crippen molar-refractivity contribution >= 4 is 11.9 Å². The van der Waals surface area contributed by atoms with Gasteiger partial charge in [-0.05, 0) is 12.0 Å². The molecule has 0 spiro atoms. The molecule has 0 radical (unpaired) electrons. The molecule has 0 saturated carbocycles. The molecular weight excluding hydrogens is 208 g/mol. The van der Waals surface area contributed by atoms with Gasteiger partial charge in [-0.25, -0.2) is 0 Å². The largest absolute Gasteiger partial charge is 0.481 e. The quantitative estimate of drug-likeness (QED) is 0.747. The van der Waals surface area contributed by atoms with Crippen LogP contribution in [-0.4, -0.2) is 22.2 Å². The van der Waals surface area contributed by atoms with Crippen molar-refractivity contribution in [1.29, 1.82) is 0 Å². The van der Waals surface area contributed by atoms with Gasteiger partial charge in [0.05, 0.1) is 0 Å². The van der Waals surface area contributed by atoms with Crippen LogP contribution in [0.15, 0.2) is 30.3 Å². The lowest BCUT2D eigenvalue weighted by Crippen LogP contribution is -2.29. The molecule has 0 aliphatic heterocycles. The monoisotopic (exact) mass is 222 g/mol. The van der Waals surface area contributed by atoms with E-state index < -0.39 is 23.8 Å². The molecule has 0 amide bonds. The lowest BCUT2D eigenvalue weighted by atomic mass is 9.84. The number of hydrogen-bond acceptors (Lipinski definition) is 2. The lowest BCUT2D eigenvalue weighted by Gasteiger charge is -2.19. The van der Waals surface area contributed by atoms with E-state index in [-0.39, 0.29) is 0 Å². The minimum absolute atomic E-state index is 0.479. The van der Waals surface area contributed by atoms with Crippen LogP contribution in [0, 0.1) is 5.92 Å². The molecule has 1 aromatic carbocycles. The van der Waals surface area contributed by atoms with E-state index >= 15 is 0 Å². The number of hydrogen-bond donors (Lipinski definition) is 2. The summed E-state index contributed by atoms with van der Waals surface area (Å²) >= 11 is 0. The highest BCUT2D eigenvalue weighted by atomic mass is 16.4. The number of carboxylic acids is 2. The maximum atomic E-state index is 10.9. The van der Waals surface area contributed by atoms with Crippen molar-refractivity contribution in [3.05, 3.63) is 35.9 Å². The lowest BCUT2D eigenvalue weighted by molar-refractivity contribution is -0.155. The van der Waals surface area contributed by atoms with Gasteiger partial charge in [0.2, 0.25) is 0 Å². The Morgan fingerprint density at radius 3 is 2.00 bits per heavy atom. The molecule has 0 unspecified atom stereocenters. The molecule has 1 atom stereocenters. The van der Waals surface area contributed by atoms with Gasteiger partial charge in [-0.2, -0.15) is 0 Å². The summed E-state index contributed by atoms with van der Waals surface area (Å²) in [7, 11) is 0. The molecule has 1 rings (SSSR count). The summed E-state index contributed by atoms with van der Waals surface area (Å²) in [5, 5.41) is 17.9. The van der Waals surface area contributed by atoms with Gasteiger partial charge in [0, 0.05) is 5.92 Å². The van der Waals surface area contributed by atoms with E-state index in [1.54, 1.807) is 31.2 Å². The van der Waals surface area contributed by atoms with Crippen molar-refractivity contribution in [3.8, 4) is 0 Å². The van der Waals surface area contributed by atoms with Crippen molar-refractivity contribution in [2.45, 2.75) is 19.3 Å². The van der Waals surface area contributed by atoms with Crippen molar-refractivity contribution in [2.24, 2.45) is 5.92 Å². The highest BCUT2D eigenvalue weighted by molar-refractivity contribution is 5.94. The summed E-state index contributed by atoms with van der Waals surface area (Å²) in [5.74, 6) is -4.45. The molecule has 0 aliphatic carbocycles. The minimum Gasteiger partial charge on any atom is -0.481 e. The van der Waals surface area contributed by atoms with E-state index in [2.05, 4.69) is 0 Å². The predicted octanol–water partition coefficient (Wildman–Crippen LogP) is 1.97. The van der Waals surface area contributed by atoms with Crippen LogP contribution in [0.3, 0.4) is 0 Å². The van der Waals surface area contributed by atoms with Crippen LogP contribution in [0.5, 0.6) is 0 Å². The van der Waals surface area contributed by atoms with Gasteiger partial charge < -0.3 is 10.2 Å². The highest BCUT2D eigenvalue weighted by Gasteiger charge is 2.34. The number of benzene rings is 1. The average molecular weight is 222 g/mol. The van der Waals surface area contributed by atoms with E-state index in [1.807, 2.05) is 6.07 Å². The normalized spacial score (nSPS) is 12.4. The predicted molar refractivity (Wildman–Crippen MR) is 58.2 cm³/mol. The van der Waals surface area contributed by atoms with Gasteiger partial charge >= 0.3 is 11.9 Å². The van der Waals surface area contributed by atoms with Crippen LogP contribution >= 0.6 is 0 Å². The Morgan fingerprint density at radius 2 is 1.62 bits per heavy atom. The first-order valence-electron chi connectivity index (χ1n) is 5.08. The van der Waals surface area contributed by atoms with E-state index in [1.165, 1.54) is 0 Å². The van der Waals surface area contributed by atoms with Crippen molar-refractivity contribution in [3.63, 3.8) is 0 Å². The fraction of sp³-hybridized carbons (Fsp3) is 0.333. The second-order valence-electron chi connectivity index (χ2n) is 3.58. The molecule has 4 nitrogen and oxygen atoms in total. The summed E-state index contributed by atoms with van der Waals surface area (Å²) in [6, 6.07) is 8.88. The van der Waals surface area contributed by atoms with Crippen LogP contribution in [0.2, 0.25) is 0 Å². The third-order valence-corrected chi connectivity index (χ3v) is 2.60. The van der Waals surface area contributed by atoms with E-state index in [0.717, 1.165) is 5.56 Å². The second kappa shape index (κ2) is 5.30. The topological polar surface area (TPSA) is 74.6 Å². The van der Waals surface area contributed by atoms with Crippen LogP contribution in [0.4, 0.5) is 0 Å². The Labute approximate surface area is 93.5 Å². The number of aliphatic carboxylic acids is 2. The average Bonchev–Trinajstić information content (AvgIpc) is 2.25. The molecular formula is C12H14O4. The zero-order chi connectivity index (χ0) is 12.1. The summed E-state index contributed by atoms with van der Waals surface area (Å²) in [6.07, 6.45) is 0.479. The molecule has 0 bridgehead atoms. The zero-order valence-electron chi connectivity index (χ0n) is 8.96. The molecule has 16 heavy (non-hydrogen) atoms. The Morgan fingerprint density at radius 1 is 1.12 bits per heavy atom. The molecule has 1 aromatic rings. The maximum Gasteiger partial charge on any atom is 0.318 e. The molecule has 4 heteroatoms. The third-order valence-electron chi connectivity index (χ3n) is 2.60. The van der Waals surface area contributed by atoms with Gasteiger partial charge in [0.1, 0.15) is 0 Å². The Hall–Kier alpha value is -1.84. The first-order chi connectivity index (χ1) is 7.57. The van der Waals surface area contributed by atoms with Crippen molar-refractivity contribution < 1.29 is 19.8 Å². The molecule has 0 aliphatic rings. The zero-order valence-corrected chi connectivity index (χ0v) is 8.96. The van der Waals surface area contributed by atoms with Crippen molar-refractivity contribution in [2.75, 3.05) is 0 Å². The number of carbonyl (C=O) groups is 2. The van der Waals surface area contributed by atoms with Crippen LogP contribution in [-0.2, 0) is 9.59 Å². The van der Waals surface area contributed by atoms with E-state index in [0.29, 0.717) is 6.42 Å². The minimum atomic E-state index is -1.38. The van der Waals surface area contributed by atoms with Crippen LogP contribution in [0.25, 0.3) is 0 Å². The van der Waals surface area contributed by atoms with Crippen LogP contribution < -0.4 is 0 Å². The molecule has 86 valence electrons. The molecule has 0 saturated heterocycles. The first kappa shape index (κ1) is 12.2. The maximum absolute atomic E-state index is 10.9. The summed E-state index contributed by atoms with van der Waals surface area (Å²) in [6.45, 7) is 1.79. The van der Waals surface area contributed by atoms with Crippen LogP contribution in [0.1, 0.15) is 24.8 Å². The van der Waals surface area contributed by atoms with Gasteiger partial charge in [0.25, 0.3) is 0 Å². The molecule has 2 N–H and O–H groups in total.